The van der Waals surface area contributed by atoms with E-state index in [-0.39, 0.29) is 5.91 Å². The third-order valence-corrected chi connectivity index (χ3v) is 6.83. The first-order chi connectivity index (χ1) is 18.5. The number of amides is 1. The van der Waals surface area contributed by atoms with Crippen LogP contribution in [0.4, 0.5) is 10.9 Å². The predicted octanol–water partition coefficient (Wildman–Crippen LogP) is 4.36. The Kier molecular flexibility index (Phi) is 9.71. The molecule has 0 radical (unpaired) electrons. The smallest absolute Gasteiger partial charge is 0.229 e. The molecule has 0 saturated heterocycles. The third-order valence-electron chi connectivity index (χ3n) is 5.91. The molecule has 198 valence electrons. The van der Waals surface area contributed by atoms with Gasteiger partial charge in [-0.1, -0.05) is 53.8 Å². The molecule has 0 fully saturated rings. The van der Waals surface area contributed by atoms with Gasteiger partial charge in [-0.25, -0.2) is 0 Å². The Labute approximate surface area is 226 Å². The van der Waals surface area contributed by atoms with Crippen molar-refractivity contribution in [2.45, 2.75) is 51.7 Å². The molecule has 10 heteroatoms. The summed E-state index contributed by atoms with van der Waals surface area (Å²) in [5, 5.41) is 34.5. The average molecular weight is 533 g/mol. The van der Waals surface area contributed by atoms with Gasteiger partial charge >= 0.3 is 0 Å². The summed E-state index contributed by atoms with van der Waals surface area (Å²) < 4.78 is 5.29. The van der Waals surface area contributed by atoms with Crippen LogP contribution >= 0.6 is 11.3 Å². The number of hydrogen-bond acceptors (Lipinski definition) is 9. The van der Waals surface area contributed by atoms with Crippen LogP contribution in [0.2, 0.25) is 0 Å². The molecular weight excluding hydrogens is 500 g/mol. The van der Waals surface area contributed by atoms with Gasteiger partial charge in [0.05, 0.1) is 19.2 Å². The first-order valence-electron chi connectivity index (χ1n) is 12.6. The molecule has 9 nitrogen and oxygen atoms in total. The summed E-state index contributed by atoms with van der Waals surface area (Å²) in [7, 11) is 1.65. The highest BCUT2D eigenvalue weighted by molar-refractivity contribution is 7.15. The number of aliphatic hydroxyl groups is 1. The van der Waals surface area contributed by atoms with E-state index in [1.165, 1.54) is 11.3 Å². The van der Waals surface area contributed by atoms with Gasteiger partial charge in [-0.2, -0.15) is 5.10 Å². The van der Waals surface area contributed by atoms with E-state index in [2.05, 4.69) is 31.0 Å². The van der Waals surface area contributed by atoms with Crippen LogP contribution in [0.1, 0.15) is 40.2 Å². The summed E-state index contributed by atoms with van der Waals surface area (Å²) in [5.41, 5.74) is 3.87. The van der Waals surface area contributed by atoms with Crippen molar-refractivity contribution in [3.63, 3.8) is 0 Å². The number of aromatic nitrogens is 4. The van der Waals surface area contributed by atoms with Crippen LogP contribution in [0.15, 0.2) is 60.7 Å². The molecule has 0 aliphatic heterocycles. The van der Waals surface area contributed by atoms with E-state index in [9.17, 15) is 9.90 Å². The number of carbonyl (C=O) groups excluding carboxylic acids is 1. The first-order valence-corrected chi connectivity index (χ1v) is 13.4. The van der Waals surface area contributed by atoms with Crippen LogP contribution in [0.25, 0.3) is 0 Å². The second kappa shape index (κ2) is 13.6. The summed E-state index contributed by atoms with van der Waals surface area (Å²) in [4.78, 5) is 12.2. The van der Waals surface area contributed by atoms with E-state index in [4.69, 9.17) is 4.74 Å². The molecule has 38 heavy (non-hydrogen) atoms. The fourth-order valence-electron chi connectivity index (χ4n) is 4.01. The Balaban J connectivity index is 1.15. The van der Waals surface area contributed by atoms with E-state index in [0.29, 0.717) is 23.8 Å². The number of methoxy groups -OCH3 is 1. The van der Waals surface area contributed by atoms with Crippen LogP contribution in [-0.4, -0.2) is 44.7 Å². The molecule has 4 rings (SSSR count). The molecule has 0 spiro atoms. The Hall–Kier alpha value is -3.89. The topological polar surface area (TPSA) is 122 Å². The normalized spacial score (nSPS) is 11.7. The Morgan fingerprint density at radius 2 is 1.79 bits per heavy atom. The van der Waals surface area contributed by atoms with Crippen LogP contribution in [0.5, 0.6) is 5.75 Å². The van der Waals surface area contributed by atoms with Gasteiger partial charge < -0.3 is 20.5 Å². The Morgan fingerprint density at radius 1 is 0.974 bits per heavy atom. The molecule has 0 aliphatic rings. The maximum atomic E-state index is 12.2. The lowest BCUT2D eigenvalue weighted by Crippen LogP contribution is -2.21. The summed E-state index contributed by atoms with van der Waals surface area (Å²) in [6.45, 7) is 1.98. The minimum atomic E-state index is -0.756. The molecule has 0 aliphatic carbocycles. The van der Waals surface area contributed by atoms with Crippen molar-refractivity contribution in [3.05, 3.63) is 88.1 Å². The van der Waals surface area contributed by atoms with Crippen molar-refractivity contribution in [2.75, 3.05) is 17.7 Å². The van der Waals surface area contributed by atoms with Crippen LogP contribution in [0.3, 0.4) is 0 Å². The number of ether oxygens (including phenoxy) is 1. The lowest BCUT2D eigenvalue weighted by molar-refractivity contribution is -0.115. The standard InChI is InChI=1S/C28H32N6O3S/c1-19-16-21(12-14-23(19)37-2)18-26(36)30-28-34-33-27(38-28)11-7-6-10-22-13-15-24(32-31-22)29-25(35)17-20-8-4-3-5-9-20/h3-5,8-9,12-16,26,36H,6-7,10-11,17-18H2,1-2H3,(H,30,34)(H,29,32,35). The predicted molar refractivity (Wildman–Crippen MR) is 148 cm³/mol. The number of carbonyl (C=O) groups is 1. The zero-order valence-electron chi connectivity index (χ0n) is 21.6. The number of anilines is 2. The van der Waals surface area contributed by atoms with Crippen molar-refractivity contribution < 1.29 is 14.6 Å². The second-order valence-corrected chi connectivity index (χ2v) is 10.1. The quantitative estimate of drug-likeness (QED) is 0.171. The van der Waals surface area contributed by atoms with E-state index in [1.807, 2.05) is 61.5 Å². The van der Waals surface area contributed by atoms with Gasteiger partial charge in [0.1, 0.15) is 17.0 Å². The largest absolute Gasteiger partial charge is 0.496 e. The van der Waals surface area contributed by atoms with Crippen LogP contribution in [0, 0.1) is 6.92 Å². The molecule has 1 atom stereocenters. The number of rotatable bonds is 13. The molecule has 0 bridgehead atoms. The van der Waals surface area contributed by atoms with Gasteiger partial charge in [-0.05, 0) is 61.1 Å². The maximum absolute atomic E-state index is 12.2. The lowest BCUT2D eigenvalue weighted by Gasteiger charge is -2.13. The summed E-state index contributed by atoms with van der Waals surface area (Å²) in [5.74, 6) is 1.16. The van der Waals surface area contributed by atoms with Crippen molar-refractivity contribution in [2.24, 2.45) is 0 Å². The number of aryl methyl sites for hydroxylation is 3. The van der Waals surface area contributed by atoms with Crippen molar-refractivity contribution in [1.29, 1.82) is 0 Å². The minimum absolute atomic E-state index is 0.118. The van der Waals surface area contributed by atoms with E-state index < -0.39 is 6.23 Å². The summed E-state index contributed by atoms with van der Waals surface area (Å²) >= 11 is 1.45. The highest BCUT2D eigenvalue weighted by Crippen LogP contribution is 2.21. The lowest BCUT2D eigenvalue weighted by atomic mass is 10.1. The number of unbranched alkanes of at least 4 members (excludes halogenated alkanes) is 1. The summed E-state index contributed by atoms with van der Waals surface area (Å²) in [6.07, 6.45) is 3.44. The molecular formula is C28H32N6O3S. The first kappa shape index (κ1) is 27.2. The molecule has 0 saturated carbocycles. The maximum Gasteiger partial charge on any atom is 0.229 e. The third kappa shape index (κ3) is 8.32. The van der Waals surface area contributed by atoms with Crippen molar-refractivity contribution in [1.82, 2.24) is 20.4 Å². The number of nitrogens with one attached hydrogen (secondary N) is 2. The van der Waals surface area contributed by atoms with Gasteiger partial charge in [-0.15, -0.1) is 15.3 Å². The zero-order valence-corrected chi connectivity index (χ0v) is 22.4. The highest BCUT2D eigenvalue weighted by atomic mass is 32.1. The number of aliphatic hydroxyl groups excluding tert-OH is 1. The molecule has 4 aromatic rings. The van der Waals surface area contributed by atoms with Crippen LogP contribution in [-0.2, 0) is 30.5 Å². The number of nitrogens with zero attached hydrogens (tertiary/aromatic N) is 4. The number of benzene rings is 2. The molecule has 3 N–H and O–H groups in total. The van der Waals surface area contributed by atoms with Gasteiger partial charge in [0, 0.05) is 12.8 Å². The highest BCUT2D eigenvalue weighted by Gasteiger charge is 2.11. The Bertz CT molecular complexity index is 1310. The van der Waals surface area contributed by atoms with Gasteiger partial charge in [0.2, 0.25) is 11.0 Å². The van der Waals surface area contributed by atoms with Gasteiger partial charge in [0.25, 0.3) is 0 Å². The van der Waals surface area contributed by atoms with E-state index in [0.717, 1.165) is 58.8 Å². The number of hydrogen-bond donors (Lipinski definition) is 3. The SMILES string of the molecule is COc1ccc(CC(O)Nc2nnc(CCCCc3ccc(NC(=O)Cc4ccccc4)nn3)s2)cc1C. The molecule has 2 aromatic carbocycles. The molecule has 1 amide bonds. The molecule has 1 unspecified atom stereocenters. The van der Waals surface area contributed by atoms with Crippen molar-refractivity contribution >= 4 is 28.2 Å². The van der Waals surface area contributed by atoms with E-state index >= 15 is 0 Å². The van der Waals surface area contributed by atoms with Gasteiger partial charge in [0.15, 0.2) is 5.82 Å². The summed E-state index contributed by atoms with van der Waals surface area (Å²) in [6, 6.07) is 19.1. The molecule has 2 heterocycles. The van der Waals surface area contributed by atoms with Crippen LogP contribution < -0.4 is 15.4 Å². The zero-order chi connectivity index (χ0) is 26.7. The Morgan fingerprint density at radius 3 is 2.53 bits per heavy atom. The minimum Gasteiger partial charge on any atom is -0.496 e. The second-order valence-electron chi connectivity index (χ2n) is 9.00. The average Bonchev–Trinajstić information content (AvgIpc) is 3.35. The van der Waals surface area contributed by atoms with E-state index in [1.54, 1.807) is 13.2 Å². The van der Waals surface area contributed by atoms with Crippen molar-refractivity contribution in [3.8, 4) is 5.75 Å². The van der Waals surface area contributed by atoms with Gasteiger partial charge in [-0.3, -0.25) is 4.79 Å². The molecule has 2 aromatic heterocycles. The fourth-order valence-corrected chi connectivity index (χ4v) is 4.84. The fraction of sp³-hybridized carbons (Fsp3) is 0.321. The monoisotopic (exact) mass is 532 g/mol.